The van der Waals surface area contributed by atoms with Crippen molar-refractivity contribution in [1.82, 2.24) is 10.6 Å². The third kappa shape index (κ3) is 4.16. The zero-order chi connectivity index (χ0) is 21.3. The lowest BCUT2D eigenvalue weighted by Gasteiger charge is -2.32. The number of nitrogens with one attached hydrogen (secondary N) is 3. The van der Waals surface area contributed by atoms with Crippen molar-refractivity contribution in [3.05, 3.63) is 65.4 Å². The monoisotopic (exact) mass is 393 g/mol. The molecule has 3 rings (SSSR count). The number of carbonyl (C=O) groups excluding carboxylic acids is 3. The molecule has 1 saturated heterocycles. The number of allylic oxidation sites excluding steroid dienone is 2. The molecule has 3 amide bonds. The van der Waals surface area contributed by atoms with E-state index in [0.717, 1.165) is 17.7 Å². The first-order valence-electron chi connectivity index (χ1n) is 9.67. The second kappa shape index (κ2) is 7.70. The highest BCUT2D eigenvalue weighted by Gasteiger charge is 2.40. The number of carbonyl (C=O) groups is 3. The molecule has 1 fully saturated rings. The number of amides is 3. The standard InChI is InChI=1S/C23H27N3O3/c1-6-23(4,5)19-16(12-18-20(27)26-22(29)21(28)25-18)15-10-9-14(8-7-13(2)3)11-17(15)24-19/h6-7,9-12,16,19,24H,1,8H2,2-5H3,(H,25,28)(H,26,27,29). The fourth-order valence-corrected chi connectivity index (χ4v) is 3.63. The first kappa shape index (κ1) is 20.6. The molecule has 0 aliphatic carbocycles. The van der Waals surface area contributed by atoms with E-state index in [-0.39, 0.29) is 23.1 Å². The summed E-state index contributed by atoms with van der Waals surface area (Å²) in [6, 6.07) is 6.20. The van der Waals surface area contributed by atoms with Crippen LogP contribution in [0.25, 0.3) is 0 Å². The third-order valence-corrected chi connectivity index (χ3v) is 5.49. The molecule has 0 bridgehead atoms. The van der Waals surface area contributed by atoms with E-state index in [1.165, 1.54) is 11.1 Å². The van der Waals surface area contributed by atoms with Crippen molar-refractivity contribution in [2.24, 2.45) is 5.41 Å². The number of hydrogen-bond acceptors (Lipinski definition) is 4. The highest BCUT2D eigenvalue weighted by atomic mass is 16.2. The Labute approximate surface area is 171 Å². The Hall–Kier alpha value is -3.15. The molecule has 2 aliphatic heterocycles. The van der Waals surface area contributed by atoms with Gasteiger partial charge in [-0.05, 0) is 43.5 Å². The van der Waals surface area contributed by atoms with Gasteiger partial charge in [0, 0.05) is 23.1 Å². The lowest BCUT2D eigenvalue weighted by atomic mass is 9.76. The molecule has 0 radical (unpaired) electrons. The predicted molar refractivity (Wildman–Crippen MR) is 113 cm³/mol. The van der Waals surface area contributed by atoms with Crippen molar-refractivity contribution in [2.75, 3.05) is 5.32 Å². The van der Waals surface area contributed by atoms with Crippen LogP contribution in [0.1, 0.15) is 44.7 Å². The summed E-state index contributed by atoms with van der Waals surface area (Å²) in [5.41, 5.74) is 4.30. The topological polar surface area (TPSA) is 87.3 Å². The smallest absolute Gasteiger partial charge is 0.316 e. The zero-order valence-corrected chi connectivity index (χ0v) is 17.3. The van der Waals surface area contributed by atoms with Crippen molar-refractivity contribution >= 4 is 23.4 Å². The Morgan fingerprint density at radius 2 is 1.79 bits per heavy atom. The van der Waals surface area contributed by atoms with Gasteiger partial charge in [0.15, 0.2) is 0 Å². The van der Waals surface area contributed by atoms with E-state index in [9.17, 15) is 14.4 Å². The van der Waals surface area contributed by atoms with Crippen LogP contribution in [0.5, 0.6) is 0 Å². The Kier molecular flexibility index (Phi) is 5.46. The second-order valence-electron chi connectivity index (χ2n) is 8.40. The summed E-state index contributed by atoms with van der Waals surface area (Å²) in [5.74, 6) is -2.55. The average Bonchev–Trinajstić information content (AvgIpc) is 3.03. The van der Waals surface area contributed by atoms with Gasteiger partial charge in [-0.25, -0.2) is 0 Å². The third-order valence-electron chi connectivity index (χ3n) is 5.49. The van der Waals surface area contributed by atoms with Gasteiger partial charge in [-0.2, -0.15) is 0 Å². The van der Waals surface area contributed by atoms with Gasteiger partial charge >= 0.3 is 11.8 Å². The van der Waals surface area contributed by atoms with Gasteiger partial charge in [0.25, 0.3) is 5.91 Å². The maximum absolute atomic E-state index is 12.2. The van der Waals surface area contributed by atoms with Crippen LogP contribution in [0.15, 0.2) is 54.3 Å². The molecule has 152 valence electrons. The Balaban J connectivity index is 2.01. The number of rotatable bonds is 5. The van der Waals surface area contributed by atoms with E-state index in [1.54, 1.807) is 6.08 Å². The van der Waals surface area contributed by atoms with Gasteiger partial charge in [0.1, 0.15) is 5.70 Å². The zero-order valence-electron chi connectivity index (χ0n) is 17.3. The Bertz CT molecular complexity index is 952. The number of hydrogen-bond donors (Lipinski definition) is 3. The quantitative estimate of drug-likeness (QED) is 0.311. The highest BCUT2D eigenvalue weighted by Crippen LogP contribution is 2.45. The Morgan fingerprint density at radius 3 is 2.45 bits per heavy atom. The largest absolute Gasteiger partial charge is 0.380 e. The van der Waals surface area contributed by atoms with Crippen molar-refractivity contribution in [2.45, 2.75) is 46.1 Å². The fourth-order valence-electron chi connectivity index (χ4n) is 3.63. The second-order valence-corrected chi connectivity index (χ2v) is 8.40. The number of anilines is 1. The summed E-state index contributed by atoms with van der Waals surface area (Å²) in [4.78, 5) is 35.3. The van der Waals surface area contributed by atoms with Crippen LogP contribution in [-0.2, 0) is 20.8 Å². The minimum Gasteiger partial charge on any atom is -0.380 e. The molecule has 6 nitrogen and oxygen atoms in total. The molecule has 1 aromatic rings. The minimum absolute atomic E-state index is 0.0662. The van der Waals surface area contributed by atoms with E-state index in [1.807, 2.05) is 6.08 Å². The van der Waals surface area contributed by atoms with E-state index < -0.39 is 17.7 Å². The summed E-state index contributed by atoms with van der Waals surface area (Å²) in [6.45, 7) is 12.3. The maximum atomic E-state index is 12.2. The van der Waals surface area contributed by atoms with E-state index in [2.05, 4.69) is 74.5 Å². The molecule has 2 unspecified atom stereocenters. The minimum atomic E-state index is -0.941. The van der Waals surface area contributed by atoms with Gasteiger partial charge in [-0.1, -0.05) is 43.7 Å². The highest BCUT2D eigenvalue weighted by molar-refractivity contribution is 6.42. The van der Waals surface area contributed by atoms with Gasteiger partial charge in [0.05, 0.1) is 0 Å². The molecule has 6 heteroatoms. The summed E-state index contributed by atoms with van der Waals surface area (Å²) in [6.07, 6.45) is 6.64. The number of piperazine rings is 1. The van der Waals surface area contributed by atoms with Crippen LogP contribution < -0.4 is 16.0 Å². The van der Waals surface area contributed by atoms with Crippen LogP contribution in [0.2, 0.25) is 0 Å². The Morgan fingerprint density at radius 1 is 1.10 bits per heavy atom. The van der Waals surface area contributed by atoms with Crippen LogP contribution >= 0.6 is 0 Å². The SMILES string of the molecule is C=CC(C)(C)C1Nc2cc(CC=C(C)C)ccc2C1C=C1NC(=O)C(=O)NC1=O. The van der Waals surface area contributed by atoms with Crippen molar-refractivity contribution in [1.29, 1.82) is 0 Å². The lowest BCUT2D eigenvalue weighted by molar-refractivity contribution is -0.143. The molecule has 29 heavy (non-hydrogen) atoms. The summed E-state index contributed by atoms with van der Waals surface area (Å²) >= 11 is 0. The maximum Gasteiger partial charge on any atom is 0.316 e. The van der Waals surface area contributed by atoms with E-state index >= 15 is 0 Å². The first-order chi connectivity index (χ1) is 13.6. The number of benzene rings is 1. The average molecular weight is 393 g/mol. The normalized spacial score (nSPS) is 22.5. The summed E-state index contributed by atoms with van der Waals surface area (Å²) in [7, 11) is 0. The van der Waals surface area contributed by atoms with Gasteiger partial charge in [-0.15, -0.1) is 6.58 Å². The molecule has 0 spiro atoms. The molecular formula is C23H27N3O3. The van der Waals surface area contributed by atoms with Crippen LogP contribution in [0, 0.1) is 5.41 Å². The molecule has 2 aliphatic rings. The molecule has 2 atom stereocenters. The number of fused-ring (bicyclic) bond motifs is 1. The predicted octanol–water partition coefficient (Wildman–Crippen LogP) is 2.94. The van der Waals surface area contributed by atoms with Crippen molar-refractivity contribution in [3.8, 4) is 0 Å². The molecule has 1 aromatic carbocycles. The van der Waals surface area contributed by atoms with Gasteiger partial charge in [0.2, 0.25) is 0 Å². The van der Waals surface area contributed by atoms with Gasteiger partial charge in [-0.3, -0.25) is 19.7 Å². The summed E-state index contributed by atoms with van der Waals surface area (Å²) < 4.78 is 0. The molecule has 2 heterocycles. The van der Waals surface area contributed by atoms with Crippen LogP contribution in [-0.4, -0.2) is 23.8 Å². The number of imide groups is 1. The molecule has 0 saturated carbocycles. The first-order valence-corrected chi connectivity index (χ1v) is 9.67. The fraction of sp³-hybridized carbons (Fsp3) is 0.348. The van der Waals surface area contributed by atoms with Crippen molar-refractivity contribution < 1.29 is 14.4 Å². The van der Waals surface area contributed by atoms with E-state index in [0.29, 0.717) is 0 Å². The van der Waals surface area contributed by atoms with E-state index in [4.69, 9.17) is 0 Å². The van der Waals surface area contributed by atoms with Gasteiger partial charge < -0.3 is 10.6 Å². The van der Waals surface area contributed by atoms with Crippen molar-refractivity contribution in [3.63, 3.8) is 0 Å². The molecule has 3 N–H and O–H groups in total. The van der Waals surface area contributed by atoms with Crippen LogP contribution in [0.4, 0.5) is 5.69 Å². The lowest BCUT2D eigenvalue weighted by Crippen LogP contribution is -2.51. The molecule has 0 aromatic heterocycles. The molecular weight excluding hydrogens is 366 g/mol. The summed E-state index contributed by atoms with van der Waals surface area (Å²) in [5, 5.41) is 8.06. The van der Waals surface area contributed by atoms with Crippen LogP contribution in [0.3, 0.4) is 0 Å².